The second-order valence-electron chi connectivity index (χ2n) is 11.2. The Morgan fingerprint density at radius 1 is 0.439 bits per heavy atom. The average molecular weight is 569 g/mol. The van der Waals surface area contributed by atoms with Crippen molar-refractivity contribution in [3.05, 3.63) is 79.9 Å². The van der Waals surface area contributed by atoms with Crippen LogP contribution in [0.25, 0.3) is 0 Å². The van der Waals surface area contributed by atoms with Crippen LogP contribution in [0.1, 0.15) is 127 Å². The van der Waals surface area contributed by atoms with Gasteiger partial charge in [-0.05, 0) is 38.5 Å². The summed E-state index contributed by atoms with van der Waals surface area (Å²) in [6, 6.07) is 14.2. The summed E-state index contributed by atoms with van der Waals surface area (Å²) in [4.78, 5) is 21.6. The maximum Gasteiger partial charge on any atom is 0.272 e. The standard InChI is InChI=1S/C34H52N2O5/c37-35(38)33-27-19-17-25-31(33)23-15-11-7-3-1-5-9-13-21-29-41-30-22-14-10-6-2-4-8-12-16-24-32-26-18-20-28-34(32)36(39)40/h17-20,25-28H,1-16,21-24,29-30H2. The number of hydrogen-bond acceptors (Lipinski definition) is 5. The van der Waals surface area contributed by atoms with Gasteiger partial charge in [-0.2, -0.15) is 0 Å². The van der Waals surface area contributed by atoms with Gasteiger partial charge in [-0.3, -0.25) is 20.2 Å². The predicted molar refractivity (Wildman–Crippen MR) is 168 cm³/mol. The Labute approximate surface area is 247 Å². The first kappa shape index (κ1) is 34.4. The van der Waals surface area contributed by atoms with Crippen LogP contribution in [0.4, 0.5) is 11.4 Å². The summed E-state index contributed by atoms with van der Waals surface area (Å²) < 4.78 is 5.81. The van der Waals surface area contributed by atoms with Crippen LogP contribution in [-0.2, 0) is 17.6 Å². The van der Waals surface area contributed by atoms with Crippen LogP contribution in [0.3, 0.4) is 0 Å². The Bertz CT molecular complexity index is 904. The summed E-state index contributed by atoms with van der Waals surface area (Å²) in [5, 5.41) is 22.2. The van der Waals surface area contributed by atoms with Crippen molar-refractivity contribution < 1.29 is 14.6 Å². The van der Waals surface area contributed by atoms with E-state index in [-0.39, 0.29) is 21.2 Å². The molecular formula is C34H52N2O5. The highest BCUT2D eigenvalue weighted by Gasteiger charge is 2.12. The van der Waals surface area contributed by atoms with Crippen molar-refractivity contribution in [2.24, 2.45) is 0 Å². The van der Waals surface area contributed by atoms with Gasteiger partial charge in [-0.15, -0.1) is 0 Å². The van der Waals surface area contributed by atoms with Gasteiger partial charge in [0, 0.05) is 36.5 Å². The third kappa shape index (κ3) is 16.3. The molecule has 2 aromatic rings. The lowest BCUT2D eigenvalue weighted by Crippen LogP contribution is -1.97. The summed E-state index contributed by atoms with van der Waals surface area (Å²) in [5.41, 5.74) is 2.22. The largest absolute Gasteiger partial charge is 0.381 e. The van der Waals surface area contributed by atoms with Gasteiger partial charge in [0.1, 0.15) is 0 Å². The Balaban J connectivity index is 1.26. The molecule has 0 atom stereocenters. The topological polar surface area (TPSA) is 95.5 Å². The molecule has 0 saturated carbocycles. The normalized spacial score (nSPS) is 11.1. The zero-order valence-electron chi connectivity index (χ0n) is 25.1. The number of para-hydroxylation sites is 2. The van der Waals surface area contributed by atoms with Gasteiger partial charge in [-0.1, -0.05) is 126 Å². The summed E-state index contributed by atoms with van der Waals surface area (Å²) in [6.07, 6.45) is 23.4. The lowest BCUT2D eigenvalue weighted by atomic mass is 10.0. The molecule has 0 heterocycles. The molecule has 0 amide bonds. The van der Waals surface area contributed by atoms with Gasteiger partial charge in [0.2, 0.25) is 0 Å². The number of unbranched alkanes of at least 4 members (excludes halogenated alkanes) is 16. The fraction of sp³-hybridized carbons (Fsp3) is 0.647. The molecule has 0 unspecified atom stereocenters. The summed E-state index contributed by atoms with van der Waals surface area (Å²) in [7, 11) is 0. The summed E-state index contributed by atoms with van der Waals surface area (Å²) in [6.45, 7) is 1.77. The molecule has 0 aliphatic heterocycles. The third-order valence-corrected chi connectivity index (χ3v) is 7.85. The summed E-state index contributed by atoms with van der Waals surface area (Å²) >= 11 is 0. The Hall–Kier alpha value is -2.80. The molecule has 2 aromatic carbocycles. The molecule has 0 spiro atoms. The van der Waals surface area contributed by atoms with Gasteiger partial charge in [0.25, 0.3) is 11.4 Å². The summed E-state index contributed by atoms with van der Waals surface area (Å²) in [5.74, 6) is 0. The van der Waals surface area contributed by atoms with E-state index in [0.29, 0.717) is 0 Å². The van der Waals surface area contributed by atoms with E-state index in [4.69, 9.17) is 4.74 Å². The van der Waals surface area contributed by atoms with E-state index in [0.717, 1.165) is 75.7 Å². The van der Waals surface area contributed by atoms with E-state index < -0.39 is 0 Å². The van der Waals surface area contributed by atoms with Crippen molar-refractivity contribution in [2.45, 2.75) is 128 Å². The fourth-order valence-corrected chi connectivity index (χ4v) is 5.42. The molecule has 0 aliphatic rings. The number of nitrogens with zero attached hydrogens (tertiary/aromatic N) is 2. The number of hydrogen-bond donors (Lipinski definition) is 0. The maximum absolute atomic E-state index is 11.1. The molecule has 0 radical (unpaired) electrons. The van der Waals surface area contributed by atoms with Crippen LogP contribution in [0.15, 0.2) is 48.5 Å². The molecule has 7 heteroatoms. The van der Waals surface area contributed by atoms with Crippen molar-refractivity contribution in [3.8, 4) is 0 Å². The highest BCUT2D eigenvalue weighted by atomic mass is 16.6. The Kier molecular flexibility index (Phi) is 19.2. The molecule has 0 N–H and O–H groups in total. The third-order valence-electron chi connectivity index (χ3n) is 7.85. The van der Waals surface area contributed by atoms with Crippen molar-refractivity contribution in [2.75, 3.05) is 13.2 Å². The first-order valence-corrected chi connectivity index (χ1v) is 16.1. The van der Waals surface area contributed by atoms with Crippen LogP contribution in [0, 0.1) is 20.2 Å². The molecule has 0 aliphatic carbocycles. The van der Waals surface area contributed by atoms with E-state index in [9.17, 15) is 20.2 Å². The lowest BCUT2D eigenvalue weighted by molar-refractivity contribution is -0.385. The van der Waals surface area contributed by atoms with Crippen molar-refractivity contribution in [3.63, 3.8) is 0 Å². The smallest absolute Gasteiger partial charge is 0.272 e. The van der Waals surface area contributed by atoms with E-state index in [1.165, 1.54) is 77.0 Å². The maximum atomic E-state index is 11.1. The number of benzene rings is 2. The van der Waals surface area contributed by atoms with Gasteiger partial charge < -0.3 is 4.74 Å². The minimum atomic E-state index is -0.276. The lowest BCUT2D eigenvalue weighted by Gasteiger charge is -2.06. The van der Waals surface area contributed by atoms with Gasteiger partial charge in [0.05, 0.1) is 9.85 Å². The Morgan fingerprint density at radius 2 is 0.732 bits per heavy atom. The van der Waals surface area contributed by atoms with E-state index in [2.05, 4.69) is 0 Å². The van der Waals surface area contributed by atoms with E-state index in [1.807, 2.05) is 24.3 Å². The zero-order chi connectivity index (χ0) is 29.4. The van der Waals surface area contributed by atoms with E-state index >= 15 is 0 Å². The van der Waals surface area contributed by atoms with Crippen LogP contribution < -0.4 is 0 Å². The minimum Gasteiger partial charge on any atom is -0.381 e. The molecule has 0 fully saturated rings. The van der Waals surface area contributed by atoms with Crippen LogP contribution in [0.2, 0.25) is 0 Å². The average Bonchev–Trinajstić information content (AvgIpc) is 2.97. The minimum absolute atomic E-state index is 0.254. The molecular weight excluding hydrogens is 516 g/mol. The molecule has 0 bridgehead atoms. The first-order valence-electron chi connectivity index (χ1n) is 16.1. The Morgan fingerprint density at radius 3 is 1.07 bits per heavy atom. The van der Waals surface area contributed by atoms with Gasteiger partial charge in [-0.25, -0.2) is 0 Å². The molecule has 2 rings (SSSR count). The molecule has 41 heavy (non-hydrogen) atoms. The highest BCUT2D eigenvalue weighted by Crippen LogP contribution is 2.22. The number of ether oxygens (including phenoxy) is 1. The quantitative estimate of drug-likeness (QED) is 0.0639. The first-order chi connectivity index (χ1) is 20.1. The number of rotatable bonds is 26. The van der Waals surface area contributed by atoms with Crippen molar-refractivity contribution in [1.82, 2.24) is 0 Å². The van der Waals surface area contributed by atoms with Crippen molar-refractivity contribution >= 4 is 11.4 Å². The highest BCUT2D eigenvalue weighted by molar-refractivity contribution is 5.40. The van der Waals surface area contributed by atoms with Crippen molar-refractivity contribution in [1.29, 1.82) is 0 Å². The molecule has 7 nitrogen and oxygen atoms in total. The molecule has 0 saturated heterocycles. The number of nitro groups is 2. The monoisotopic (exact) mass is 568 g/mol. The SMILES string of the molecule is O=[N+]([O-])c1ccccc1CCCCCCCCCCCOCCCCCCCCCCCc1ccccc1[N+](=O)[O-]. The number of aryl methyl sites for hydroxylation is 2. The molecule has 0 aromatic heterocycles. The van der Waals surface area contributed by atoms with Crippen LogP contribution in [0.5, 0.6) is 0 Å². The van der Waals surface area contributed by atoms with Gasteiger partial charge in [0.15, 0.2) is 0 Å². The second kappa shape index (κ2) is 22.8. The fourth-order valence-electron chi connectivity index (χ4n) is 5.42. The second-order valence-corrected chi connectivity index (χ2v) is 11.2. The van der Waals surface area contributed by atoms with Crippen LogP contribution in [-0.4, -0.2) is 23.1 Å². The predicted octanol–water partition coefficient (Wildman–Crippen LogP) is 10.3. The molecule has 228 valence electrons. The van der Waals surface area contributed by atoms with E-state index in [1.54, 1.807) is 24.3 Å². The zero-order valence-corrected chi connectivity index (χ0v) is 25.1. The van der Waals surface area contributed by atoms with Gasteiger partial charge >= 0.3 is 0 Å². The van der Waals surface area contributed by atoms with Crippen LogP contribution >= 0.6 is 0 Å². The number of nitro benzene ring substituents is 2.